The van der Waals surface area contributed by atoms with Crippen molar-refractivity contribution in [2.75, 3.05) is 45.2 Å². The highest BCUT2D eigenvalue weighted by atomic mass is 16.4. The number of carbonyl (C=O) groups excluding carboxylic acids is 1. The maximum absolute atomic E-state index is 11.4. The number of benzene rings is 1. The maximum atomic E-state index is 11.4. The third-order valence-electron chi connectivity index (χ3n) is 4.49. The number of likely N-dealkylation sites (N-methyl/N-ethyl adjacent to an activating group) is 1. The third-order valence-corrected chi connectivity index (χ3v) is 4.49. The van der Waals surface area contributed by atoms with Gasteiger partial charge < -0.3 is 14.6 Å². The molecule has 1 fully saturated rings. The van der Waals surface area contributed by atoms with Crippen molar-refractivity contribution in [3.05, 3.63) is 24.3 Å². The molecule has 6 heteroatoms. The Balaban J connectivity index is 1.53. The third kappa shape index (κ3) is 3.82. The molecule has 0 aliphatic carbocycles. The van der Waals surface area contributed by atoms with Crippen molar-refractivity contribution < 1.29 is 9.21 Å². The van der Waals surface area contributed by atoms with E-state index in [0.717, 1.165) is 43.6 Å². The molecule has 1 aliphatic heterocycles. The molecular weight excluding hydrogens is 292 g/mol. The lowest BCUT2D eigenvalue weighted by molar-refractivity contribution is -0.122. The number of nitrogens with one attached hydrogen (secondary N) is 1. The number of hydrogen-bond donors (Lipinski definition) is 1. The zero-order valence-corrected chi connectivity index (χ0v) is 13.8. The minimum absolute atomic E-state index is 0.0899. The Morgan fingerprint density at radius 1 is 1.39 bits per heavy atom. The Bertz CT molecular complexity index is 628. The minimum Gasteiger partial charge on any atom is -0.423 e. The van der Waals surface area contributed by atoms with E-state index >= 15 is 0 Å². The van der Waals surface area contributed by atoms with Crippen LogP contribution >= 0.6 is 0 Å². The summed E-state index contributed by atoms with van der Waals surface area (Å²) < 4.78 is 5.81. The highest BCUT2D eigenvalue weighted by Crippen LogP contribution is 2.24. The standard InChI is InChI=1S/C17H24N4O2/c1-18-16(22)12-21-9-7-13(8-10-21)11-20(2)17-19-14-5-3-4-6-15(14)23-17/h3-6,13H,7-12H2,1-2H3,(H,18,22). The largest absolute Gasteiger partial charge is 0.423 e. The number of likely N-dealkylation sites (tertiary alicyclic amines) is 1. The summed E-state index contributed by atoms with van der Waals surface area (Å²) in [5.74, 6) is 0.697. The molecule has 0 saturated carbocycles. The molecule has 3 rings (SSSR count). The lowest BCUT2D eigenvalue weighted by Gasteiger charge is -2.33. The van der Waals surface area contributed by atoms with Crippen molar-refractivity contribution in [3.8, 4) is 0 Å². The van der Waals surface area contributed by atoms with E-state index in [2.05, 4.69) is 20.1 Å². The Hall–Kier alpha value is -2.08. The van der Waals surface area contributed by atoms with E-state index in [1.54, 1.807) is 7.05 Å². The van der Waals surface area contributed by atoms with Crippen LogP contribution in [0, 0.1) is 5.92 Å². The molecule has 23 heavy (non-hydrogen) atoms. The molecule has 6 nitrogen and oxygen atoms in total. The SMILES string of the molecule is CNC(=O)CN1CCC(CN(C)c2nc3ccccc3o2)CC1. The second-order valence-electron chi connectivity index (χ2n) is 6.24. The zero-order valence-electron chi connectivity index (χ0n) is 13.8. The van der Waals surface area contributed by atoms with E-state index in [9.17, 15) is 4.79 Å². The molecule has 0 atom stereocenters. The first-order valence-corrected chi connectivity index (χ1v) is 8.15. The van der Waals surface area contributed by atoms with Gasteiger partial charge >= 0.3 is 0 Å². The first kappa shape index (κ1) is 15.8. The van der Waals surface area contributed by atoms with Crippen LogP contribution in [0.2, 0.25) is 0 Å². The number of piperidine rings is 1. The van der Waals surface area contributed by atoms with Gasteiger partial charge in [-0.1, -0.05) is 12.1 Å². The summed E-state index contributed by atoms with van der Waals surface area (Å²) in [5, 5.41) is 2.68. The van der Waals surface area contributed by atoms with Crippen molar-refractivity contribution >= 4 is 23.0 Å². The van der Waals surface area contributed by atoms with Gasteiger partial charge in [0.05, 0.1) is 6.54 Å². The number of amides is 1. The number of rotatable bonds is 5. The number of nitrogens with zero attached hydrogens (tertiary/aromatic N) is 3. The fourth-order valence-electron chi connectivity index (χ4n) is 3.10. The van der Waals surface area contributed by atoms with Gasteiger partial charge in [0, 0.05) is 20.6 Å². The number of anilines is 1. The highest BCUT2D eigenvalue weighted by Gasteiger charge is 2.23. The fourth-order valence-corrected chi connectivity index (χ4v) is 3.10. The number of carbonyl (C=O) groups is 1. The first-order chi connectivity index (χ1) is 11.2. The van der Waals surface area contributed by atoms with Crippen LogP contribution in [0.5, 0.6) is 0 Å². The van der Waals surface area contributed by atoms with E-state index in [0.29, 0.717) is 18.5 Å². The summed E-state index contributed by atoms with van der Waals surface area (Å²) in [4.78, 5) is 20.3. The highest BCUT2D eigenvalue weighted by molar-refractivity contribution is 5.77. The molecule has 0 bridgehead atoms. The van der Waals surface area contributed by atoms with Gasteiger partial charge in [-0.3, -0.25) is 9.69 Å². The molecule has 2 heterocycles. The predicted molar refractivity (Wildman–Crippen MR) is 90.5 cm³/mol. The number of oxazole rings is 1. The average Bonchev–Trinajstić information content (AvgIpc) is 3.00. The summed E-state index contributed by atoms with van der Waals surface area (Å²) >= 11 is 0. The Labute approximate surface area is 136 Å². The van der Waals surface area contributed by atoms with E-state index in [-0.39, 0.29) is 5.91 Å². The molecule has 1 aromatic carbocycles. The molecule has 2 aromatic rings. The Morgan fingerprint density at radius 2 is 2.13 bits per heavy atom. The molecule has 0 spiro atoms. The van der Waals surface area contributed by atoms with Gasteiger partial charge in [0.25, 0.3) is 6.01 Å². The topological polar surface area (TPSA) is 61.6 Å². The monoisotopic (exact) mass is 316 g/mol. The number of aromatic nitrogens is 1. The van der Waals surface area contributed by atoms with Crippen LogP contribution in [0.4, 0.5) is 6.01 Å². The number of para-hydroxylation sites is 2. The van der Waals surface area contributed by atoms with Gasteiger partial charge in [-0.15, -0.1) is 0 Å². The smallest absolute Gasteiger partial charge is 0.298 e. The summed E-state index contributed by atoms with van der Waals surface area (Å²) in [7, 11) is 3.71. The molecule has 1 aliphatic rings. The molecule has 1 N–H and O–H groups in total. The fraction of sp³-hybridized carbons (Fsp3) is 0.529. The van der Waals surface area contributed by atoms with Crippen molar-refractivity contribution in [2.45, 2.75) is 12.8 Å². The van der Waals surface area contributed by atoms with Crippen LogP contribution in [0.1, 0.15) is 12.8 Å². The average molecular weight is 316 g/mol. The predicted octanol–water partition coefficient (Wildman–Crippen LogP) is 1.72. The van der Waals surface area contributed by atoms with Gasteiger partial charge in [-0.2, -0.15) is 4.98 Å². The van der Waals surface area contributed by atoms with Crippen LogP contribution in [0.25, 0.3) is 11.1 Å². The van der Waals surface area contributed by atoms with Gasteiger partial charge in [0.15, 0.2) is 5.58 Å². The van der Waals surface area contributed by atoms with Crippen molar-refractivity contribution in [1.82, 2.24) is 15.2 Å². The molecule has 1 amide bonds. The van der Waals surface area contributed by atoms with E-state index in [4.69, 9.17) is 4.42 Å². The van der Waals surface area contributed by atoms with Crippen molar-refractivity contribution in [2.24, 2.45) is 5.92 Å². The lowest BCUT2D eigenvalue weighted by Crippen LogP contribution is -2.42. The van der Waals surface area contributed by atoms with Gasteiger partial charge in [-0.05, 0) is 44.0 Å². The molecule has 0 radical (unpaired) electrons. The first-order valence-electron chi connectivity index (χ1n) is 8.15. The second kappa shape index (κ2) is 7.00. The Morgan fingerprint density at radius 3 is 2.83 bits per heavy atom. The van der Waals surface area contributed by atoms with Crippen molar-refractivity contribution in [1.29, 1.82) is 0 Å². The van der Waals surface area contributed by atoms with Gasteiger partial charge in [0.2, 0.25) is 5.91 Å². The lowest BCUT2D eigenvalue weighted by atomic mass is 9.96. The van der Waals surface area contributed by atoms with Crippen LogP contribution in [0.3, 0.4) is 0 Å². The summed E-state index contributed by atoms with van der Waals surface area (Å²) in [5.41, 5.74) is 1.73. The van der Waals surface area contributed by atoms with Crippen LogP contribution in [0.15, 0.2) is 28.7 Å². The number of hydrogen-bond acceptors (Lipinski definition) is 5. The van der Waals surface area contributed by atoms with Gasteiger partial charge in [0.1, 0.15) is 5.52 Å². The molecular formula is C17H24N4O2. The summed E-state index contributed by atoms with van der Waals surface area (Å²) in [6.45, 7) is 3.38. The number of fused-ring (bicyclic) bond motifs is 1. The van der Waals surface area contributed by atoms with E-state index in [1.165, 1.54) is 0 Å². The Kier molecular flexibility index (Phi) is 4.81. The molecule has 0 unspecified atom stereocenters. The van der Waals surface area contributed by atoms with Crippen LogP contribution in [-0.4, -0.2) is 56.1 Å². The maximum Gasteiger partial charge on any atom is 0.298 e. The molecule has 1 aromatic heterocycles. The summed E-state index contributed by atoms with van der Waals surface area (Å²) in [6, 6.07) is 8.51. The van der Waals surface area contributed by atoms with Crippen LogP contribution in [-0.2, 0) is 4.79 Å². The molecule has 124 valence electrons. The van der Waals surface area contributed by atoms with Gasteiger partial charge in [-0.25, -0.2) is 0 Å². The minimum atomic E-state index is 0.0899. The van der Waals surface area contributed by atoms with E-state index in [1.807, 2.05) is 31.3 Å². The second-order valence-corrected chi connectivity index (χ2v) is 6.24. The quantitative estimate of drug-likeness (QED) is 0.910. The zero-order chi connectivity index (χ0) is 16.2. The normalized spacial score (nSPS) is 16.6. The van der Waals surface area contributed by atoms with Crippen LogP contribution < -0.4 is 10.2 Å². The molecule has 1 saturated heterocycles. The summed E-state index contributed by atoms with van der Waals surface area (Å²) in [6.07, 6.45) is 2.20. The van der Waals surface area contributed by atoms with E-state index < -0.39 is 0 Å². The van der Waals surface area contributed by atoms with Crippen molar-refractivity contribution in [3.63, 3.8) is 0 Å².